The lowest BCUT2D eigenvalue weighted by Gasteiger charge is -2.24. The van der Waals surface area contributed by atoms with Gasteiger partial charge in [-0.05, 0) is 18.1 Å². The van der Waals surface area contributed by atoms with Crippen molar-refractivity contribution in [3.63, 3.8) is 0 Å². The maximum atomic E-state index is 10.8. The molecule has 3 atom stereocenters. The molecule has 0 amide bonds. The number of hydrogen-bond acceptors (Lipinski definition) is 3. The molecule has 0 spiro atoms. The Balaban J connectivity index is 2.48. The first-order chi connectivity index (χ1) is 8.19. The van der Waals surface area contributed by atoms with Crippen LogP contribution in [0.2, 0.25) is 0 Å². The van der Waals surface area contributed by atoms with E-state index in [9.17, 15) is 4.79 Å². The summed E-state index contributed by atoms with van der Waals surface area (Å²) in [6, 6.07) is 10.3. The van der Waals surface area contributed by atoms with E-state index in [1.54, 1.807) is 18.9 Å². The highest BCUT2D eigenvalue weighted by molar-refractivity contribution is 7.99. The molecule has 0 aliphatic carbocycles. The van der Waals surface area contributed by atoms with Gasteiger partial charge in [0, 0.05) is 23.7 Å². The molecular formula is C14H20O2S. The van der Waals surface area contributed by atoms with Gasteiger partial charge in [-0.3, -0.25) is 0 Å². The molecule has 17 heavy (non-hydrogen) atoms. The maximum Gasteiger partial charge on any atom is 0.125 e. The van der Waals surface area contributed by atoms with Crippen molar-refractivity contribution in [2.45, 2.75) is 24.8 Å². The maximum absolute atomic E-state index is 10.8. The first kappa shape index (κ1) is 14.3. The van der Waals surface area contributed by atoms with Crippen molar-refractivity contribution in [2.75, 3.05) is 12.9 Å². The Morgan fingerprint density at radius 3 is 2.47 bits per heavy atom. The van der Waals surface area contributed by atoms with Crippen LogP contribution < -0.4 is 0 Å². The SMILES string of the molecule is CO[C@H]([C@H](C)C=O)[C@@H](C)CSc1ccccc1. The van der Waals surface area contributed by atoms with Crippen LogP contribution in [0.3, 0.4) is 0 Å². The minimum Gasteiger partial charge on any atom is -0.380 e. The van der Waals surface area contributed by atoms with Crippen molar-refractivity contribution in [3.8, 4) is 0 Å². The second kappa shape index (κ2) is 7.51. The summed E-state index contributed by atoms with van der Waals surface area (Å²) in [5, 5.41) is 0. The summed E-state index contributed by atoms with van der Waals surface area (Å²) in [7, 11) is 1.67. The summed E-state index contributed by atoms with van der Waals surface area (Å²) < 4.78 is 5.41. The third kappa shape index (κ3) is 4.52. The van der Waals surface area contributed by atoms with Gasteiger partial charge in [0.15, 0.2) is 0 Å². The summed E-state index contributed by atoms with van der Waals surface area (Å²) in [5.41, 5.74) is 0. The smallest absolute Gasteiger partial charge is 0.125 e. The van der Waals surface area contributed by atoms with Crippen LogP contribution in [-0.4, -0.2) is 25.3 Å². The number of methoxy groups -OCH3 is 1. The van der Waals surface area contributed by atoms with E-state index >= 15 is 0 Å². The molecule has 1 aromatic rings. The standard InChI is InChI=1S/C14H20O2S/c1-11(9-15)14(16-3)12(2)10-17-13-7-5-4-6-8-13/h4-9,11-12,14H,10H2,1-3H3/t11-,12+,14-/m1/s1. The largest absolute Gasteiger partial charge is 0.380 e. The molecule has 0 saturated heterocycles. The van der Waals surface area contributed by atoms with Crippen LogP contribution >= 0.6 is 11.8 Å². The van der Waals surface area contributed by atoms with Gasteiger partial charge in [-0.15, -0.1) is 11.8 Å². The number of hydrogen-bond donors (Lipinski definition) is 0. The molecule has 1 rings (SSSR count). The van der Waals surface area contributed by atoms with Crippen molar-refractivity contribution >= 4 is 18.0 Å². The molecule has 0 aliphatic rings. The summed E-state index contributed by atoms with van der Waals surface area (Å²) >= 11 is 1.80. The Kier molecular flexibility index (Phi) is 6.30. The molecule has 0 fully saturated rings. The molecule has 0 radical (unpaired) electrons. The predicted molar refractivity (Wildman–Crippen MR) is 72.4 cm³/mol. The average molecular weight is 252 g/mol. The molecule has 3 heteroatoms. The molecule has 0 unspecified atom stereocenters. The van der Waals surface area contributed by atoms with Crippen LogP contribution in [0.5, 0.6) is 0 Å². The van der Waals surface area contributed by atoms with Crippen molar-refractivity contribution < 1.29 is 9.53 Å². The van der Waals surface area contributed by atoms with Crippen molar-refractivity contribution in [2.24, 2.45) is 11.8 Å². The second-order valence-electron chi connectivity index (χ2n) is 4.30. The van der Waals surface area contributed by atoms with Crippen molar-refractivity contribution in [3.05, 3.63) is 30.3 Å². The van der Waals surface area contributed by atoms with E-state index < -0.39 is 0 Å². The molecular weight excluding hydrogens is 232 g/mol. The van der Waals surface area contributed by atoms with Gasteiger partial charge in [-0.2, -0.15) is 0 Å². The lowest BCUT2D eigenvalue weighted by Crippen LogP contribution is -2.30. The van der Waals surface area contributed by atoms with E-state index in [-0.39, 0.29) is 12.0 Å². The van der Waals surface area contributed by atoms with Gasteiger partial charge >= 0.3 is 0 Å². The highest BCUT2D eigenvalue weighted by Gasteiger charge is 2.22. The highest BCUT2D eigenvalue weighted by atomic mass is 32.2. The molecule has 94 valence electrons. The van der Waals surface area contributed by atoms with Crippen molar-refractivity contribution in [1.29, 1.82) is 0 Å². The van der Waals surface area contributed by atoms with Crippen LogP contribution in [-0.2, 0) is 9.53 Å². The Morgan fingerprint density at radius 2 is 1.94 bits per heavy atom. The van der Waals surface area contributed by atoms with Gasteiger partial charge in [-0.25, -0.2) is 0 Å². The van der Waals surface area contributed by atoms with E-state index in [0.717, 1.165) is 12.0 Å². The fraction of sp³-hybridized carbons (Fsp3) is 0.500. The summed E-state index contributed by atoms with van der Waals surface area (Å²) in [6.45, 7) is 4.04. The second-order valence-corrected chi connectivity index (χ2v) is 5.39. The Labute approximate surface area is 108 Å². The van der Waals surface area contributed by atoms with E-state index in [1.807, 2.05) is 25.1 Å². The lowest BCUT2D eigenvalue weighted by molar-refractivity contribution is -0.115. The summed E-state index contributed by atoms with van der Waals surface area (Å²) in [5.74, 6) is 1.26. The van der Waals surface area contributed by atoms with E-state index in [2.05, 4.69) is 19.1 Å². The molecule has 0 bridgehead atoms. The van der Waals surface area contributed by atoms with Crippen LogP contribution in [0.25, 0.3) is 0 Å². The average Bonchev–Trinajstić information content (AvgIpc) is 2.38. The van der Waals surface area contributed by atoms with E-state index in [4.69, 9.17) is 4.74 Å². The van der Waals surface area contributed by atoms with E-state index in [1.165, 1.54) is 4.90 Å². The molecule has 0 N–H and O–H groups in total. The first-order valence-corrected chi connectivity index (χ1v) is 6.83. The zero-order valence-electron chi connectivity index (χ0n) is 10.6. The van der Waals surface area contributed by atoms with E-state index in [0.29, 0.717) is 5.92 Å². The number of rotatable bonds is 7. The van der Waals surface area contributed by atoms with Gasteiger partial charge in [0.05, 0.1) is 6.10 Å². The number of thioether (sulfide) groups is 1. The minimum atomic E-state index is -0.0497. The number of benzene rings is 1. The molecule has 0 aliphatic heterocycles. The zero-order chi connectivity index (χ0) is 12.7. The topological polar surface area (TPSA) is 26.3 Å². The van der Waals surface area contributed by atoms with Crippen LogP contribution in [0, 0.1) is 11.8 Å². The van der Waals surface area contributed by atoms with Crippen LogP contribution in [0.1, 0.15) is 13.8 Å². The highest BCUT2D eigenvalue weighted by Crippen LogP contribution is 2.24. The third-order valence-electron chi connectivity index (χ3n) is 2.82. The zero-order valence-corrected chi connectivity index (χ0v) is 11.4. The van der Waals surface area contributed by atoms with Crippen molar-refractivity contribution in [1.82, 2.24) is 0 Å². The molecule has 0 saturated carbocycles. The number of aldehydes is 1. The normalized spacial score (nSPS) is 16.2. The van der Waals surface area contributed by atoms with Crippen LogP contribution in [0.15, 0.2) is 35.2 Å². The summed E-state index contributed by atoms with van der Waals surface area (Å²) in [4.78, 5) is 12.1. The number of ether oxygens (including phenoxy) is 1. The quantitative estimate of drug-likeness (QED) is 0.550. The monoisotopic (exact) mass is 252 g/mol. The number of carbonyl (C=O) groups excluding carboxylic acids is 1. The molecule has 0 heterocycles. The predicted octanol–water partition coefficient (Wildman–Crippen LogP) is 3.26. The van der Waals surface area contributed by atoms with Gasteiger partial charge in [0.25, 0.3) is 0 Å². The van der Waals surface area contributed by atoms with Gasteiger partial charge < -0.3 is 9.53 Å². The Hall–Kier alpha value is -0.800. The van der Waals surface area contributed by atoms with Gasteiger partial charge in [0.2, 0.25) is 0 Å². The third-order valence-corrected chi connectivity index (χ3v) is 4.12. The van der Waals surface area contributed by atoms with Gasteiger partial charge in [0.1, 0.15) is 6.29 Å². The van der Waals surface area contributed by atoms with Crippen LogP contribution in [0.4, 0.5) is 0 Å². The fourth-order valence-electron chi connectivity index (χ4n) is 1.88. The lowest BCUT2D eigenvalue weighted by atomic mass is 9.96. The first-order valence-electron chi connectivity index (χ1n) is 5.85. The molecule has 2 nitrogen and oxygen atoms in total. The Bertz CT molecular complexity index is 326. The number of carbonyl (C=O) groups is 1. The minimum absolute atomic E-state index is 0.00344. The molecule has 0 aromatic heterocycles. The molecule has 1 aromatic carbocycles. The Morgan fingerprint density at radius 1 is 1.29 bits per heavy atom. The summed E-state index contributed by atoms with van der Waals surface area (Å²) in [6.07, 6.45) is 0.974. The van der Waals surface area contributed by atoms with Gasteiger partial charge in [-0.1, -0.05) is 32.0 Å². The fourth-order valence-corrected chi connectivity index (χ4v) is 2.88.